The molecule has 0 atom stereocenters. The first-order valence-corrected chi connectivity index (χ1v) is 10.8. The number of nitrogens with one attached hydrogen (secondary N) is 4. The van der Waals surface area contributed by atoms with Crippen molar-refractivity contribution in [2.24, 2.45) is 10.2 Å². The van der Waals surface area contributed by atoms with Crippen LogP contribution in [-0.2, 0) is 9.59 Å². The van der Waals surface area contributed by atoms with Gasteiger partial charge in [-0.25, -0.2) is 10.9 Å². The van der Waals surface area contributed by atoms with Gasteiger partial charge in [0.15, 0.2) is 0 Å². The molecule has 3 aromatic rings. The number of carbonyl (C=O) groups excluding carboxylic acids is 2. The number of rotatable bonds is 10. The average Bonchev–Trinajstić information content (AvgIpc) is 2.84. The molecular formula is C26H28N6O2. The molecule has 2 amide bonds. The zero-order valence-corrected chi connectivity index (χ0v) is 19.2. The van der Waals surface area contributed by atoms with Crippen molar-refractivity contribution < 1.29 is 9.59 Å². The topological polar surface area (TPSA) is 107 Å². The van der Waals surface area contributed by atoms with Crippen LogP contribution >= 0.6 is 0 Å². The number of benzene rings is 3. The normalized spacial score (nSPS) is 10.9. The average molecular weight is 457 g/mol. The Morgan fingerprint density at radius 1 is 0.647 bits per heavy atom. The third-order valence-corrected chi connectivity index (χ3v) is 4.91. The number of para-hydroxylation sites is 2. The summed E-state index contributed by atoms with van der Waals surface area (Å²) in [6.07, 6.45) is 3.12. The van der Waals surface area contributed by atoms with Gasteiger partial charge in [0.05, 0.1) is 25.5 Å². The number of hydrogen-bond acceptors (Lipinski definition) is 6. The number of anilines is 2. The van der Waals surface area contributed by atoms with E-state index in [1.807, 2.05) is 86.6 Å². The van der Waals surface area contributed by atoms with Gasteiger partial charge in [-0.15, -0.1) is 0 Å². The molecule has 0 fully saturated rings. The Kier molecular flexibility index (Phi) is 8.92. The lowest BCUT2D eigenvalue weighted by Crippen LogP contribution is -2.26. The fraction of sp³-hybridized carbons (Fsp3) is 0.154. The lowest BCUT2D eigenvalue weighted by molar-refractivity contribution is -0.120. The summed E-state index contributed by atoms with van der Waals surface area (Å²) in [5.74, 6) is -0.480. The summed E-state index contributed by atoms with van der Waals surface area (Å²) in [7, 11) is 0. The minimum Gasteiger partial charge on any atom is -0.376 e. The van der Waals surface area contributed by atoms with E-state index in [-0.39, 0.29) is 24.9 Å². The second-order valence-corrected chi connectivity index (χ2v) is 7.59. The van der Waals surface area contributed by atoms with E-state index >= 15 is 0 Å². The highest BCUT2D eigenvalue weighted by Gasteiger charge is 2.02. The van der Waals surface area contributed by atoms with Crippen LogP contribution in [0.25, 0.3) is 0 Å². The molecule has 0 radical (unpaired) electrons. The fourth-order valence-corrected chi connectivity index (χ4v) is 3.00. The highest BCUT2D eigenvalue weighted by atomic mass is 16.2. The van der Waals surface area contributed by atoms with Crippen molar-refractivity contribution in [2.75, 3.05) is 23.7 Å². The molecule has 0 aromatic heterocycles. The van der Waals surface area contributed by atoms with Crippen LogP contribution < -0.4 is 21.5 Å². The maximum atomic E-state index is 11.9. The van der Waals surface area contributed by atoms with Crippen LogP contribution in [0.5, 0.6) is 0 Å². The number of aryl methyl sites for hydroxylation is 2. The van der Waals surface area contributed by atoms with Crippen LogP contribution in [0.3, 0.4) is 0 Å². The van der Waals surface area contributed by atoms with Gasteiger partial charge >= 0.3 is 0 Å². The van der Waals surface area contributed by atoms with E-state index in [1.54, 1.807) is 12.4 Å². The van der Waals surface area contributed by atoms with Gasteiger partial charge in [-0.2, -0.15) is 10.2 Å². The van der Waals surface area contributed by atoms with Crippen molar-refractivity contribution >= 4 is 35.6 Å². The predicted molar refractivity (Wildman–Crippen MR) is 137 cm³/mol. The first kappa shape index (κ1) is 24.2. The van der Waals surface area contributed by atoms with Crippen molar-refractivity contribution in [3.63, 3.8) is 0 Å². The van der Waals surface area contributed by atoms with E-state index < -0.39 is 0 Å². The van der Waals surface area contributed by atoms with Crippen LogP contribution in [0.4, 0.5) is 11.4 Å². The summed E-state index contributed by atoms with van der Waals surface area (Å²) in [4.78, 5) is 23.9. The number of hydrazone groups is 2. The summed E-state index contributed by atoms with van der Waals surface area (Å²) in [5, 5.41) is 14.1. The molecule has 0 aliphatic carbocycles. The largest absolute Gasteiger partial charge is 0.376 e. The standard InChI is InChI=1S/C26H28N6O2/c1-19-7-3-5-9-23(19)27-17-25(33)31-29-15-21-11-13-22(14-12-21)16-30-32-26(34)18-28-24-10-6-4-8-20(24)2/h3-16,27-28H,17-18H2,1-2H3,(H,31,33)(H,32,34)/b29-15+,30-16+. The molecule has 4 N–H and O–H groups in total. The molecule has 0 aliphatic heterocycles. The Balaban J connectivity index is 1.38. The van der Waals surface area contributed by atoms with E-state index in [0.717, 1.165) is 33.6 Å². The Morgan fingerprint density at radius 2 is 1.03 bits per heavy atom. The van der Waals surface area contributed by atoms with Gasteiger partial charge in [-0.1, -0.05) is 60.7 Å². The molecule has 0 bridgehead atoms. The lowest BCUT2D eigenvalue weighted by Gasteiger charge is -2.07. The van der Waals surface area contributed by atoms with Crippen LogP contribution in [0.2, 0.25) is 0 Å². The Bertz CT molecular complexity index is 1080. The summed E-state index contributed by atoms with van der Waals surface area (Å²) < 4.78 is 0. The third kappa shape index (κ3) is 7.90. The molecule has 0 saturated carbocycles. The Morgan fingerprint density at radius 3 is 1.41 bits per heavy atom. The molecule has 0 spiro atoms. The maximum Gasteiger partial charge on any atom is 0.259 e. The predicted octanol–water partition coefficient (Wildman–Crippen LogP) is 3.43. The first-order valence-electron chi connectivity index (χ1n) is 10.8. The smallest absolute Gasteiger partial charge is 0.259 e. The quantitative estimate of drug-likeness (QED) is 0.277. The molecule has 0 aliphatic rings. The summed E-state index contributed by atoms with van der Waals surface area (Å²) in [6.45, 7) is 4.21. The van der Waals surface area contributed by atoms with Crippen molar-refractivity contribution in [1.82, 2.24) is 10.9 Å². The van der Waals surface area contributed by atoms with Gasteiger partial charge in [-0.3, -0.25) is 9.59 Å². The zero-order valence-electron chi connectivity index (χ0n) is 19.2. The Labute approximate surface area is 199 Å². The van der Waals surface area contributed by atoms with Crippen molar-refractivity contribution in [3.05, 3.63) is 95.1 Å². The summed E-state index contributed by atoms with van der Waals surface area (Å²) in [5.41, 5.74) is 10.6. The highest BCUT2D eigenvalue weighted by molar-refractivity contribution is 5.87. The van der Waals surface area contributed by atoms with Gasteiger partial charge in [0.1, 0.15) is 0 Å². The molecule has 34 heavy (non-hydrogen) atoms. The SMILES string of the molecule is Cc1ccccc1NCC(=O)N/N=C/c1ccc(/C=N/NC(=O)CNc2ccccc2C)cc1. The van der Waals surface area contributed by atoms with Crippen LogP contribution in [0.1, 0.15) is 22.3 Å². The third-order valence-electron chi connectivity index (χ3n) is 4.91. The van der Waals surface area contributed by atoms with Gasteiger partial charge in [-0.05, 0) is 48.2 Å². The van der Waals surface area contributed by atoms with E-state index in [9.17, 15) is 9.59 Å². The van der Waals surface area contributed by atoms with E-state index in [2.05, 4.69) is 31.7 Å². The van der Waals surface area contributed by atoms with Crippen molar-refractivity contribution in [3.8, 4) is 0 Å². The van der Waals surface area contributed by atoms with Crippen molar-refractivity contribution in [1.29, 1.82) is 0 Å². The molecule has 0 heterocycles. The minimum atomic E-state index is -0.240. The molecule has 3 rings (SSSR count). The molecule has 3 aromatic carbocycles. The van der Waals surface area contributed by atoms with Crippen LogP contribution in [0, 0.1) is 13.8 Å². The molecule has 8 nitrogen and oxygen atoms in total. The minimum absolute atomic E-state index is 0.129. The number of carbonyl (C=O) groups is 2. The molecule has 174 valence electrons. The second-order valence-electron chi connectivity index (χ2n) is 7.59. The summed E-state index contributed by atoms with van der Waals surface area (Å²) >= 11 is 0. The second kappa shape index (κ2) is 12.5. The molecule has 8 heteroatoms. The van der Waals surface area contributed by atoms with Crippen molar-refractivity contribution in [2.45, 2.75) is 13.8 Å². The van der Waals surface area contributed by atoms with Gasteiger partial charge in [0.2, 0.25) is 0 Å². The summed E-state index contributed by atoms with van der Waals surface area (Å²) in [6, 6.07) is 22.9. The number of amides is 2. The van der Waals surface area contributed by atoms with E-state index in [4.69, 9.17) is 0 Å². The van der Waals surface area contributed by atoms with E-state index in [0.29, 0.717) is 0 Å². The maximum absolute atomic E-state index is 11.9. The number of nitrogens with zero attached hydrogens (tertiary/aromatic N) is 2. The monoisotopic (exact) mass is 456 g/mol. The van der Waals surface area contributed by atoms with Crippen LogP contribution in [-0.4, -0.2) is 37.3 Å². The van der Waals surface area contributed by atoms with Gasteiger partial charge in [0.25, 0.3) is 11.8 Å². The van der Waals surface area contributed by atoms with Crippen LogP contribution in [0.15, 0.2) is 83.0 Å². The Hall–Kier alpha value is -4.46. The van der Waals surface area contributed by atoms with Gasteiger partial charge < -0.3 is 10.6 Å². The van der Waals surface area contributed by atoms with Gasteiger partial charge in [0, 0.05) is 11.4 Å². The highest BCUT2D eigenvalue weighted by Crippen LogP contribution is 2.13. The fourth-order valence-electron chi connectivity index (χ4n) is 3.00. The molecule has 0 unspecified atom stereocenters. The molecular weight excluding hydrogens is 428 g/mol. The first-order chi connectivity index (χ1) is 16.5. The lowest BCUT2D eigenvalue weighted by atomic mass is 10.2. The zero-order chi connectivity index (χ0) is 24.2. The number of hydrogen-bond donors (Lipinski definition) is 4. The van der Waals surface area contributed by atoms with E-state index in [1.165, 1.54) is 0 Å². The molecule has 0 saturated heterocycles.